The second-order valence-corrected chi connectivity index (χ2v) is 7.73. The van der Waals surface area contributed by atoms with Crippen molar-refractivity contribution in [1.82, 2.24) is 4.98 Å². The average molecular weight is 318 g/mol. The lowest BCUT2D eigenvalue weighted by Crippen LogP contribution is -2.24. The van der Waals surface area contributed by atoms with Crippen LogP contribution in [0.2, 0.25) is 0 Å². The summed E-state index contributed by atoms with van der Waals surface area (Å²) in [6, 6.07) is 0. The standard InChI is InChI=1S/C12H18N2O4S2/c15-11(16)6-10-7-19-12(13-10)14-20(17,18)8-9-4-2-1-3-5-9/h7,9H,1-6,8H2,(H,13,14)(H,15,16). The van der Waals surface area contributed by atoms with Gasteiger partial charge in [0.05, 0.1) is 17.9 Å². The van der Waals surface area contributed by atoms with E-state index in [0.29, 0.717) is 5.69 Å². The zero-order valence-electron chi connectivity index (χ0n) is 11.0. The van der Waals surface area contributed by atoms with Gasteiger partial charge in [0.25, 0.3) is 0 Å². The minimum atomic E-state index is -3.40. The van der Waals surface area contributed by atoms with Crippen LogP contribution in [-0.2, 0) is 21.2 Å². The molecule has 1 aromatic heterocycles. The van der Waals surface area contributed by atoms with Gasteiger partial charge in [-0.05, 0) is 18.8 Å². The Kier molecular flexibility index (Phi) is 4.98. The van der Waals surface area contributed by atoms with Gasteiger partial charge in [0.2, 0.25) is 10.0 Å². The second-order valence-electron chi connectivity index (χ2n) is 5.10. The van der Waals surface area contributed by atoms with E-state index in [1.807, 2.05) is 0 Å². The summed E-state index contributed by atoms with van der Waals surface area (Å²) in [5.41, 5.74) is 0.373. The van der Waals surface area contributed by atoms with Crippen LogP contribution in [0, 0.1) is 5.92 Å². The van der Waals surface area contributed by atoms with E-state index in [0.717, 1.165) is 37.0 Å². The Hall–Kier alpha value is -1.15. The molecule has 20 heavy (non-hydrogen) atoms. The Morgan fingerprint density at radius 3 is 2.75 bits per heavy atom. The molecular formula is C12H18N2O4S2. The van der Waals surface area contributed by atoms with Crippen molar-refractivity contribution >= 4 is 32.5 Å². The monoisotopic (exact) mass is 318 g/mol. The minimum Gasteiger partial charge on any atom is -0.481 e. The SMILES string of the molecule is O=C(O)Cc1csc(NS(=O)(=O)CC2CCCCC2)n1. The number of rotatable bonds is 6. The summed E-state index contributed by atoms with van der Waals surface area (Å²) in [5.74, 6) is -0.632. The molecule has 1 fully saturated rings. The average Bonchev–Trinajstić information content (AvgIpc) is 2.75. The van der Waals surface area contributed by atoms with Crippen LogP contribution in [0.5, 0.6) is 0 Å². The zero-order valence-corrected chi connectivity index (χ0v) is 12.7. The maximum atomic E-state index is 12.0. The lowest BCUT2D eigenvalue weighted by molar-refractivity contribution is -0.136. The number of carbonyl (C=O) groups is 1. The molecule has 112 valence electrons. The number of nitrogens with one attached hydrogen (secondary N) is 1. The number of anilines is 1. The van der Waals surface area contributed by atoms with Crippen LogP contribution in [0.1, 0.15) is 37.8 Å². The fourth-order valence-electron chi connectivity index (χ4n) is 2.43. The van der Waals surface area contributed by atoms with Gasteiger partial charge in [-0.3, -0.25) is 9.52 Å². The first kappa shape index (κ1) is 15.2. The Balaban J connectivity index is 1.93. The Labute approximate surface area is 122 Å². The smallest absolute Gasteiger partial charge is 0.309 e. The lowest BCUT2D eigenvalue weighted by Gasteiger charge is -2.21. The van der Waals surface area contributed by atoms with Crippen molar-refractivity contribution in [3.05, 3.63) is 11.1 Å². The molecule has 0 aliphatic heterocycles. The van der Waals surface area contributed by atoms with Gasteiger partial charge in [-0.2, -0.15) is 0 Å². The van der Waals surface area contributed by atoms with E-state index < -0.39 is 16.0 Å². The topological polar surface area (TPSA) is 96.4 Å². The van der Waals surface area contributed by atoms with Crippen LogP contribution in [0.3, 0.4) is 0 Å². The Bertz CT molecular complexity index is 562. The van der Waals surface area contributed by atoms with Gasteiger partial charge in [0, 0.05) is 5.38 Å². The predicted octanol–water partition coefficient (Wildman–Crippen LogP) is 2.09. The molecule has 0 spiro atoms. The number of aromatic nitrogens is 1. The van der Waals surface area contributed by atoms with E-state index in [9.17, 15) is 13.2 Å². The van der Waals surface area contributed by atoms with Crippen LogP contribution in [0.25, 0.3) is 0 Å². The summed E-state index contributed by atoms with van der Waals surface area (Å²) in [5, 5.41) is 10.5. The van der Waals surface area contributed by atoms with Crippen molar-refractivity contribution in [2.24, 2.45) is 5.92 Å². The van der Waals surface area contributed by atoms with Gasteiger partial charge in [0.15, 0.2) is 5.13 Å². The van der Waals surface area contributed by atoms with Gasteiger partial charge in [-0.25, -0.2) is 13.4 Å². The largest absolute Gasteiger partial charge is 0.481 e. The van der Waals surface area contributed by atoms with Gasteiger partial charge in [-0.1, -0.05) is 19.3 Å². The summed E-state index contributed by atoms with van der Waals surface area (Å²) in [7, 11) is -3.40. The first-order valence-electron chi connectivity index (χ1n) is 6.61. The molecule has 0 unspecified atom stereocenters. The van der Waals surface area contributed by atoms with E-state index in [2.05, 4.69) is 9.71 Å². The quantitative estimate of drug-likeness (QED) is 0.837. The Morgan fingerprint density at radius 1 is 1.40 bits per heavy atom. The van der Waals surface area contributed by atoms with E-state index in [1.54, 1.807) is 5.38 Å². The molecule has 1 aromatic rings. The number of nitrogens with zero attached hydrogens (tertiary/aromatic N) is 1. The predicted molar refractivity (Wildman–Crippen MR) is 77.4 cm³/mol. The van der Waals surface area contributed by atoms with Crippen LogP contribution >= 0.6 is 11.3 Å². The summed E-state index contributed by atoms with van der Waals surface area (Å²) < 4.78 is 26.5. The number of aliphatic carboxylic acids is 1. The van der Waals surface area contributed by atoms with Gasteiger partial charge in [-0.15, -0.1) is 11.3 Å². The summed E-state index contributed by atoms with van der Waals surface area (Å²) in [4.78, 5) is 14.5. The second kappa shape index (κ2) is 6.53. The van der Waals surface area contributed by atoms with E-state index in [-0.39, 0.29) is 23.2 Å². The molecule has 1 aliphatic carbocycles. The molecule has 0 saturated heterocycles. The van der Waals surface area contributed by atoms with Crippen molar-refractivity contribution in [3.8, 4) is 0 Å². The normalized spacial score (nSPS) is 17.0. The number of hydrogen-bond acceptors (Lipinski definition) is 5. The first-order chi connectivity index (χ1) is 9.44. The number of sulfonamides is 1. The third-order valence-corrected chi connectivity index (χ3v) is 5.66. The van der Waals surface area contributed by atoms with Crippen molar-refractivity contribution in [2.75, 3.05) is 10.5 Å². The lowest BCUT2D eigenvalue weighted by atomic mass is 9.91. The maximum Gasteiger partial charge on any atom is 0.309 e. The molecule has 6 nitrogen and oxygen atoms in total. The number of carboxylic acid groups (broad SMARTS) is 1. The Morgan fingerprint density at radius 2 is 2.10 bits per heavy atom. The molecule has 0 aromatic carbocycles. The molecule has 0 bridgehead atoms. The van der Waals surface area contributed by atoms with Crippen molar-refractivity contribution in [2.45, 2.75) is 38.5 Å². The highest BCUT2D eigenvalue weighted by Crippen LogP contribution is 2.26. The first-order valence-corrected chi connectivity index (χ1v) is 9.14. The molecule has 2 rings (SSSR count). The number of hydrogen-bond donors (Lipinski definition) is 2. The molecule has 8 heteroatoms. The molecule has 1 heterocycles. The number of thiazole rings is 1. The van der Waals surface area contributed by atoms with Crippen LogP contribution in [0.4, 0.5) is 5.13 Å². The summed E-state index contributed by atoms with van der Waals surface area (Å²) >= 11 is 1.12. The van der Waals surface area contributed by atoms with Crippen molar-refractivity contribution < 1.29 is 18.3 Å². The van der Waals surface area contributed by atoms with Gasteiger partial charge >= 0.3 is 5.97 Å². The maximum absolute atomic E-state index is 12.0. The molecule has 0 amide bonds. The minimum absolute atomic E-state index is 0.126. The van der Waals surface area contributed by atoms with Gasteiger partial charge in [0.1, 0.15) is 0 Å². The van der Waals surface area contributed by atoms with Crippen molar-refractivity contribution in [3.63, 3.8) is 0 Å². The highest BCUT2D eigenvalue weighted by Gasteiger charge is 2.22. The molecular weight excluding hydrogens is 300 g/mol. The molecule has 0 atom stereocenters. The summed E-state index contributed by atoms with van der Waals surface area (Å²) in [6.07, 6.45) is 5.11. The fourth-order valence-corrected chi connectivity index (χ4v) is 4.90. The van der Waals surface area contributed by atoms with E-state index in [1.165, 1.54) is 6.42 Å². The van der Waals surface area contributed by atoms with Crippen LogP contribution < -0.4 is 4.72 Å². The van der Waals surface area contributed by atoms with E-state index in [4.69, 9.17) is 5.11 Å². The van der Waals surface area contributed by atoms with Crippen molar-refractivity contribution in [1.29, 1.82) is 0 Å². The number of carboxylic acids is 1. The summed E-state index contributed by atoms with van der Waals surface area (Å²) in [6.45, 7) is 0. The van der Waals surface area contributed by atoms with Crippen LogP contribution in [-0.4, -0.2) is 30.2 Å². The zero-order chi connectivity index (χ0) is 14.6. The fraction of sp³-hybridized carbons (Fsp3) is 0.667. The van der Waals surface area contributed by atoms with E-state index >= 15 is 0 Å². The molecule has 2 N–H and O–H groups in total. The highest BCUT2D eigenvalue weighted by atomic mass is 32.2. The highest BCUT2D eigenvalue weighted by molar-refractivity contribution is 7.92. The van der Waals surface area contributed by atoms with Gasteiger partial charge < -0.3 is 5.11 Å². The molecule has 1 aliphatic rings. The third kappa shape index (κ3) is 4.75. The van der Waals surface area contributed by atoms with Crippen LogP contribution in [0.15, 0.2) is 5.38 Å². The third-order valence-electron chi connectivity index (χ3n) is 3.31. The molecule has 0 radical (unpaired) electrons. The molecule has 1 saturated carbocycles.